The lowest BCUT2D eigenvalue weighted by Crippen LogP contribution is -2.28. The summed E-state index contributed by atoms with van der Waals surface area (Å²) in [5.74, 6) is 0.0202. The van der Waals surface area contributed by atoms with E-state index in [1.807, 2.05) is 49.4 Å². The number of carbonyl (C=O) groups is 2. The Bertz CT molecular complexity index is 1420. The van der Waals surface area contributed by atoms with Crippen LogP contribution < -0.4 is 5.32 Å². The number of urea groups is 1. The molecule has 0 unspecified atom stereocenters. The maximum atomic E-state index is 12.3. The fourth-order valence-corrected chi connectivity index (χ4v) is 4.32. The second kappa shape index (κ2) is 11.2. The molecule has 4 rings (SSSR count). The van der Waals surface area contributed by atoms with E-state index in [0.29, 0.717) is 24.2 Å². The highest BCUT2D eigenvalue weighted by Gasteiger charge is 2.18. The number of aryl methyl sites for hydroxylation is 2. The number of anilines is 1. The van der Waals surface area contributed by atoms with Gasteiger partial charge in [0.1, 0.15) is 11.3 Å². The summed E-state index contributed by atoms with van der Waals surface area (Å²) in [5, 5.41) is 12.5. The van der Waals surface area contributed by atoms with Crippen LogP contribution in [-0.4, -0.2) is 50.6 Å². The third-order valence-electron chi connectivity index (χ3n) is 6.38. The van der Waals surface area contributed by atoms with Gasteiger partial charge in [-0.05, 0) is 41.7 Å². The smallest absolute Gasteiger partial charge is 0.336 e. The number of benzene rings is 2. The number of carboxylic acids is 1. The number of hydrogen-bond acceptors (Lipinski definition) is 4. The van der Waals surface area contributed by atoms with Gasteiger partial charge in [-0.15, -0.1) is 0 Å². The molecule has 0 saturated heterocycles. The van der Waals surface area contributed by atoms with Crippen molar-refractivity contribution in [3.05, 3.63) is 77.2 Å². The number of imidazole rings is 1. The van der Waals surface area contributed by atoms with E-state index in [2.05, 4.69) is 16.8 Å². The quantitative estimate of drug-likeness (QED) is 0.301. The van der Waals surface area contributed by atoms with Crippen LogP contribution in [-0.2, 0) is 19.4 Å². The molecule has 0 radical (unpaired) electrons. The molecule has 2 aromatic heterocycles. The zero-order valence-corrected chi connectivity index (χ0v) is 21.8. The zero-order valence-electron chi connectivity index (χ0n) is 21.8. The van der Waals surface area contributed by atoms with E-state index in [-0.39, 0.29) is 11.6 Å². The maximum absolute atomic E-state index is 12.3. The number of rotatable bonds is 9. The number of pyridine rings is 1. The molecule has 0 fully saturated rings. The fourth-order valence-electron chi connectivity index (χ4n) is 4.32. The van der Waals surface area contributed by atoms with Gasteiger partial charge in [0.2, 0.25) is 0 Å². The number of unbranched alkanes of at least 4 members (excludes halogenated alkanes) is 1. The van der Waals surface area contributed by atoms with Gasteiger partial charge in [-0.3, -0.25) is 0 Å². The molecule has 192 valence electrons. The molecule has 2 heterocycles. The first-order valence-electron chi connectivity index (χ1n) is 12.6. The van der Waals surface area contributed by atoms with Crippen molar-refractivity contribution in [2.75, 3.05) is 19.4 Å². The van der Waals surface area contributed by atoms with Crippen molar-refractivity contribution in [2.24, 2.45) is 0 Å². The van der Waals surface area contributed by atoms with Crippen LogP contribution in [0.5, 0.6) is 0 Å². The monoisotopic (exact) mass is 499 g/mol. The van der Waals surface area contributed by atoms with Crippen LogP contribution in [0.15, 0.2) is 54.6 Å². The molecule has 0 bridgehead atoms. The Balaban J connectivity index is 1.71. The second-order valence-corrected chi connectivity index (χ2v) is 9.27. The van der Waals surface area contributed by atoms with Gasteiger partial charge < -0.3 is 19.9 Å². The molecule has 2 aromatic carbocycles. The third kappa shape index (κ3) is 5.63. The molecule has 4 aromatic rings. The highest BCUT2D eigenvalue weighted by Crippen LogP contribution is 2.27. The highest BCUT2D eigenvalue weighted by molar-refractivity contribution is 5.96. The van der Waals surface area contributed by atoms with E-state index in [4.69, 9.17) is 9.97 Å². The minimum Gasteiger partial charge on any atom is -0.478 e. The summed E-state index contributed by atoms with van der Waals surface area (Å²) in [6, 6.07) is 16.7. The summed E-state index contributed by atoms with van der Waals surface area (Å²) >= 11 is 0. The van der Waals surface area contributed by atoms with Gasteiger partial charge in [-0.1, -0.05) is 62.7 Å². The number of nitrogens with one attached hydrogen (secondary N) is 1. The van der Waals surface area contributed by atoms with Crippen molar-refractivity contribution >= 4 is 28.9 Å². The Morgan fingerprint density at radius 2 is 1.76 bits per heavy atom. The zero-order chi connectivity index (χ0) is 26.5. The van der Waals surface area contributed by atoms with Crippen LogP contribution in [0.25, 0.3) is 22.3 Å². The Morgan fingerprint density at radius 3 is 2.41 bits per heavy atom. The van der Waals surface area contributed by atoms with Crippen molar-refractivity contribution in [3.63, 3.8) is 0 Å². The lowest BCUT2D eigenvalue weighted by atomic mass is 9.99. The van der Waals surface area contributed by atoms with E-state index in [1.165, 1.54) is 4.90 Å². The summed E-state index contributed by atoms with van der Waals surface area (Å²) < 4.78 is 2.15. The van der Waals surface area contributed by atoms with Gasteiger partial charge in [-0.2, -0.15) is 0 Å². The van der Waals surface area contributed by atoms with Crippen LogP contribution in [0.2, 0.25) is 0 Å². The van der Waals surface area contributed by atoms with Crippen LogP contribution in [0.4, 0.5) is 10.5 Å². The molecular weight excluding hydrogens is 466 g/mol. The molecule has 0 aliphatic rings. The van der Waals surface area contributed by atoms with E-state index in [0.717, 1.165) is 53.1 Å². The van der Waals surface area contributed by atoms with Gasteiger partial charge in [0.05, 0.1) is 23.5 Å². The summed E-state index contributed by atoms with van der Waals surface area (Å²) in [4.78, 5) is 35.3. The minimum atomic E-state index is -0.941. The third-order valence-corrected chi connectivity index (χ3v) is 6.38. The lowest BCUT2D eigenvalue weighted by Gasteiger charge is -2.15. The number of carbonyl (C=O) groups excluding carboxylic acids is 1. The number of hydrogen-bond donors (Lipinski definition) is 2. The Hall–Kier alpha value is -4.20. The van der Waals surface area contributed by atoms with Gasteiger partial charge in [0, 0.05) is 20.5 Å². The first-order chi connectivity index (χ1) is 17.8. The van der Waals surface area contributed by atoms with E-state index < -0.39 is 5.97 Å². The predicted molar refractivity (Wildman–Crippen MR) is 146 cm³/mol. The van der Waals surface area contributed by atoms with Gasteiger partial charge in [-0.25, -0.2) is 19.6 Å². The minimum absolute atomic E-state index is 0.203. The van der Waals surface area contributed by atoms with Crippen LogP contribution in [0.1, 0.15) is 54.1 Å². The Labute approximate surface area is 217 Å². The van der Waals surface area contributed by atoms with E-state index in [1.54, 1.807) is 26.2 Å². The summed E-state index contributed by atoms with van der Waals surface area (Å²) in [6.45, 7) is 4.77. The molecule has 0 saturated carbocycles. The van der Waals surface area contributed by atoms with E-state index in [9.17, 15) is 14.7 Å². The topological polar surface area (TPSA) is 100 Å². The van der Waals surface area contributed by atoms with Crippen molar-refractivity contribution < 1.29 is 14.7 Å². The molecule has 8 nitrogen and oxygen atoms in total. The number of nitrogens with zero attached hydrogens (tertiary/aromatic N) is 4. The van der Waals surface area contributed by atoms with E-state index >= 15 is 0 Å². The van der Waals surface area contributed by atoms with Crippen molar-refractivity contribution in [1.29, 1.82) is 0 Å². The highest BCUT2D eigenvalue weighted by atomic mass is 16.4. The number of aromatic nitrogens is 3. The van der Waals surface area contributed by atoms with Gasteiger partial charge in [0.25, 0.3) is 0 Å². The fraction of sp³-hybridized carbons (Fsp3) is 0.310. The molecule has 37 heavy (non-hydrogen) atoms. The Morgan fingerprint density at radius 1 is 1.03 bits per heavy atom. The lowest BCUT2D eigenvalue weighted by molar-refractivity contribution is 0.0697. The van der Waals surface area contributed by atoms with Crippen LogP contribution in [0.3, 0.4) is 0 Å². The molecule has 0 aliphatic heterocycles. The Kier molecular flexibility index (Phi) is 7.86. The first-order valence-corrected chi connectivity index (χ1v) is 12.6. The summed E-state index contributed by atoms with van der Waals surface area (Å²) in [7, 11) is 3.41. The van der Waals surface area contributed by atoms with Crippen LogP contribution in [0, 0.1) is 0 Å². The number of carboxylic acid groups (broad SMARTS) is 1. The first kappa shape index (κ1) is 25.9. The maximum Gasteiger partial charge on any atom is 0.336 e. The second-order valence-electron chi connectivity index (χ2n) is 9.27. The number of fused-ring (bicyclic) bond motifs is 1. The average molecular weight is 500 g/mol. The SMILES string of the molecule is CCCCc1nc2cc(NC(=O)N(C)C)c(CC)nc2n1Cc1ccc(-c2ccccc2C(=O)O)cc1. The van der Waals surface area contributed by atoms with Crippen LogP contribution >= 0.6 is 0 Å². The summed E-state index contributed by atoms with van der Waals surface area (Å²) in [6.07, 6.45) is 3.57. The normalized spacial score (nSPS) is 11.0. The van der Waals surface area contributed by atoms with Crippen molar-refractivity contribution in [3.8, 4) is 11.1 Å². The van der Waals surface area contributed by atoms with Gasteiger partial charge >= 0.3 is 12.0 Å². The molecule has 0 atom stereocenters. The van der Waals surface area contributed by atoms with Crippen molar-refractivity contribution in [2.45, 2.75) is 46.1 Å². The molecule has 0 spiro atoms. The molecule has 8 heteroatoms. The summed E-state index contributed by atoms with van der Waals surface area (Å²) in [5.41, 5.74) is 5.95. The predicted octanol–water partition coefficient (Wildman–Crippen LogP) is 5.84. The number of aromatic carboxylic acids is 1. The molecule has 2 N–H and O–H groups in total. The average Bonchev–Trinajstić information content (AvgIpc) is 3.22. The number of amides is 2. The molecular formula is C29H33N5O3. The largest absolute Gasteiger partial charge is 0.478 e. The van der Waals surface area contributed by atoms with Crippen molar-refractivity contribution in [1.82, 2.24) is 19.4 Å². The van der Waals surface area contributed by atoms with Gasteiger partial charge in [0.15, 0.2) is 5.65 Å². The molecule has 0 aliphatic carbocycles. The standard InChI is InChI=1S/C29H33N5O3/c1-5-7-12-26-30-25-17-24(32-29(37)33(3)4)23(6-2)31-27(25)34(26)18-19-13-15-20(16-14-19)21-10-8-9-11-22(21)28(35)36/h8-11,13-17H,5-7,12,18H2,1-4H3,(H,32,37)(H,35,36). The molecule has 2 amide bonds.